The van der Waals surface area contributed by atoms with Crippen LogP contribution in [0.15, 0.2) is 53.7 Å². The molecule has 2 aromatic rings. The van der Waals surface area contributed by atoms with Crippen molar-refractivity contribution in [2.75, 3.05) is 13.1 Å². The molecule has 0 spiro atoms. The first kappa shape index (κ1) is 16.6. The van der Waals surface area contributed by atoms with E-state index in [1.54, 1.807) is 36.5 Å². The summed E-state index contributed by atoms with van der Waals surface area (Å²) in [6.07, 6.45) is 4.33. The van der Waals surface area contributed by atoms with E-state index in [1.165, 1.54) is 10.5 Å². The fourth-order valence-electron chi connectivity index (χ4n) is 3.00. The van der Waals surface area contributed by atoms with Gasteiger partial charge < -0.3 is 5.11 Å². The van der Waals surface area contributed by atoms with E-state index in [9.17, 15) is 13.2 Å². The average molecular weight is 346 g/mol. The molecule has 1 aromatic carbocycles. The summed E-state index contributed by atoms with van der Waals surface area (Å²) < 4.78 is 26.7. The van der Waals surface area contributed by atoms with Crippen LogP contribution < -0.4 is 0 Å². The van der Waals surface area contributed by atoms with E-state index in [0.717, 1.165) is 12.0 Å². The zero-order chi connectivity index (χ0) is 17.2. The number of hydrogen-bond donors (Lipinski definition) is 1. The lowest BCUT2D eigenvalue weighted by molar-refractivity contribution is 0.0696. The lowest BCUT2D eigenvalue weighted by Crippen LogP contribution is -2.29. The summed E-state index contributed by atoms with van der Waals surface area (Å²) >= 11 is 0. The molecule has 0 saturated carbocycles. The molecule has 0 aliphatic carbocycles. The highest BCUT2D eigenvalue weighted by Crippen LogP contribution is 2.26. The summed E-state index contributed by atoms with van der Waals surface area (Å²) in [5.41, 5.74) is 1.17. The molecule has 3 rings (SSSR count). The minimum Gasteiger partial charge on any atom is -0.478 e. The standard InChI is InChI=1S/C17H18N2O4S/c20-17(21)15-4-1-3-13(10-15)9-14-6-8-19(12-14)24(22,23)16-5-2-7-18-11-16/h1-5,7,10-11,14H,6,8-9,12H2,(H,20,21). The SMILES string of the molecule is O=C(O)c1cccc(CC2CCN(S(=O)(=O)c3cccnc3)C2)c1. The Morgan fingerprint density at radius 2 is 2.12 bits per heavy atom. The van der Waals surface area contributed by atoms with Crippen molar-refractivity contribution in [3.8, 4) is 0 Å². The monoisotopic (exact) mass is 346 g/mol. The number of rotatable bonds is 5. The molecule has 0 radical (unpaired) electrons. The quantitative estimate of drug-likeness (QED) is 0.895. The van der Waals surface area contributed by atoms with Gasteiger partial charge in [0, 0.05) is 25.5 Å². The van der Waals surface area contributed by atoms with Crippen molar-refractivity contribution in [3.05, 3.63) is 59.9 Å². The Hall–Kier alpha value is -2.25. The molecule has 2 heterocycles. The Balaban J connectivity index is 1.70. The fourth-order valence-corrected chi connectivity index (χ4v) is 4.49. The molecule has 1 N–H and O–H groups in total. The van der Waals surface area contributed by atoms with Gasteiger partial charge in [-0.2, -0.15) is 4.31 Å². The molecule has 126 valence electrons. The van der Waals surface area contributed by atoms with Crippen LogP contribution in [-0.4, -0.2) is 41.9 Å². The molecule has 0 amide bonds. The van der Waals surface area contributed by atoms with Crippen LogP contribution in [0.5, 0.6) is 0 Å². The predicted octanol–water partition coefficient (Wildman–Crippen LogP) is 2.03. The predicted molar refractivity (Wildman–Crippen MR) is 88.2 cm³/mol. The number of benzene rings is 1. The third kappa shape index (κ3) is 3.47. The second kappa shape index (κ2) is 6.70. The third-order valence-electron chi connectivity index (χ3n) is 4.22. The van der Waals surface area contributed by atoms with Crippen LogP contribution in [0.1, 0.15) is 22.3 Å². The molecule has 1 unspecified atom stereocenters. The minimum absolute atomic E-state index is 0.181. The molecule has 1 aliphatic rings. The van der Waals surface area contributed by atoms with E-state index in [1.807, 2.05) is 6.07 Å². The number of aromatic nitrogens is 1. The Morgan fingerprint density at radius 3 is 2.83 bits per heavy atom. The van der Waals surface area contributed by atoms with Gasteiger partial charge in [0.25, 0.3) is 0 Å². The summed E-state index contributed by atoms with van der Waals surface area (Å²) in [6.45, 7) is 0.912. The number of carboxylic acid groups (broad SMARTS) is 1. The van der Waals surface area contributed by atoms with E-state index in [0.29, 0.717) is 19.5 Å². The number of pyridine rings is 1. The Bertz CT molecular complexity index is 837. The Morgan fingerprint density at radius 1 is 1.29 bits per heavy atom. The van der Waals surface area contributed by atoms with Gasteiger partial charge in [0.05, 0.1) is 5.56 Å². The van der Waals surface area contributed by atoms with Gasteiger partial charge >= 0.3 is 5.97 Å². The van der Waals surface area contributed by atoms with Crippen LogP contribution in [0.25, 0.3) is 0 Å². The summed E-state index contributed by atoms with van der Waals surface area (Å²) in [5.74, 6) is -0.774. The highest BCUT2D eigenvalue weighted by molar-refractivity contribution is 7.89. The van der Waals surface area contributed by atoms with Crippen LogP contribution in [0.2, 0.25) is 0 Å². The number of nitrogens with zero attached hydrogens (tertiary/aromatic N) is 2. The van der Waals surface area contributed by atoms with E-state index in [-0.39, 0.29) is 16.4 Å². The highest BCUT2D eigenvalue weighted by atomic mass is 32.2. The molecule has 1 atom stereocenters. The second-order valence-electron chi connectivity index (χ2n) is 5.92. The van der Waals surface area contributed by atoms with Crippen LogP contribution >= 0.6 is 0 Å². The van der Waals surface area contributed by atoms with Crippen molar-refractivity contribution < 1.29 is 18.3 Å². The van der Waals surface area contributed by atoms with Gasteiger partial charge in [-0.15, -0.1) is 0 Å². The topological polar surface area (TPSA) is 87.6 Å². The molecular weight excluding hydrogens is 328 g/mol. The number of sulfonamides is 1. The Kier molecular flexibility index (Phi) is 4.64. The first-order valence-electron chi connectivity index (χ1n) is 7.69. The lowest BCUT2D eigenvalue weighted by Gasteiger charge is -2.16. The van der Waals surface area contributed by atoms with E-state index >= 15 is 0 Å². The van der Waals surface area contributed by atoms with Crippen LogP contribution in [0.4, 0.5) is 0 Å². The summed E-state index contributed by atoms with van der Waals surface area (Å²) in [6, 6.07) is 9.96. The first-order valence-corrected chi connectivity index (χ1v) is 9.13. The smallest absolute Gasteiger partial charge is 0.335 e. The maximum absolute atomic E-state index is 12.6. The van der Waals surface area contributed by atoms with Gasteiger partial charge in [-0.3, -0.25) is 4.98 Å². The van der Waals surface area contributed by atoms with Crippen molar-refractivity contribution in [3.63, 3.8) is 0 Å². The van der Waals surface area contributed by atoms with E-state index in [4.69, 9.17) is 5.11 Å². The third-order valence-corrected chi connectivity index (χ3v) is 6.07. The van der Waals surface area contributed by atoms with Crippen LogP contribution in [0.3, 0.4) is 0 Å². The zero-order valence-corrected chi connectivity index (χ0v) is 13.8. The fraction of sp³-hybridized carbons (Fsp3) is 0.294. The molecule has 7 heteroatoms. The molecule has 24 heavy (non-hydrogen) atoms. The Labute approximate surface area is 140 Å². The molecule has 1 saturated heterocycles. The van der Waals surface area contributed by atoms with Gasteiger partial charge in [0.2, 0.25) is 10.0 Å². The van der Waals surface area contributed by atoms with Crippen molar-refractivity contribution in [2.45, 2.75) is 17.7 Å². The number of carboxylic acids is 1. The van der Waals surface area contributed by atoms with Crippen molar-refractivity contribution in [2.24, 2.45) is 5.92 Å². The van der Waals surface area contributed by atoms with Crippen molar-refractivity contribution in [1.82, 2.24) is 9.29 Å². The zero-order valence-electron chi connectivity index (χ0n) is 13.0. The summed E-state index contributed by atoms with van der Waals surface area (Å²) in [4.78, 5) is 15.1. The van der Waals surface area contributed by atoms with Gasteiger partial charge in [-0.25, -0.2) is 13.2 Å². The van der Waals surface area contributed by atoms with Crippen molar-refractivity contribution >= 4 is 16.0 Å². The van der Waals surface area contributed by atoms with Crippen LogP contribution in [-0.2, 0) is 16.4 Å². The largest absolute Gasteiger partial charge is 0.478 e. The summed E-state index contributed by atoms with van der Waals surface area (Å²) in [7, 11) is -3.51. The second-order valence-corrected chi connectivity index (χ2v) is 7.85. The molecule has 1 fully saturated rings. The average Bonchev–Trinajstić information content (AvgIpc) is 3.05. The van der Waals surface area contributed by atoms with Gasteiger partial charge in [-0.1, -0.05) is 12.1 Å². The maximum atomic E-state index is 12.6. The van der Waals surface area contributed by atoms with Gasteiger partial charge in [0.1, 0.15) is 4.90 Å². The normalized spacial score (nSPS) is 18.6. The molecule has 0 bridgehead atoms. The number of hydrogen-bond acceptors (Lipinski definition) is 4. The van der Waals surface area contributed by atoms with Crippen LogP contribution in [0, 0.1) is 5.92 Å². The molecular formula is C17H18N2O4S. The van der Waals surface area contributed by atoms with Gasteiger partial charge in [0.15, 0.2) is 0 Å². The molecule has 1 aromatic heterocycles. The molecule has 6 nitrogen and oxygen atoms in total. The summed E-state index contributed by atoms with van der Waals surface area (Å²) in [5, 5.41) is 9.05. The van der Waals surface area contributed by atoms with E-state index < -0.39 is 16.0 Å². The minimum atomic E-state index is -3.51. The van der Waals surface area contributed by atoms with E-state index in [2.05, 4.69) is 4.98 Å². The highest BCUT2D eigenvalue weighted by Gasteiger charge is 2.32. The number of aromatic carboxylic acids is 1. The van der Waals surface area contributed by atoms with Gasteiger partial charge in [-0.05, 0) is 48.6 Å². The number of carbonyl (C=O) groups is 1. The first-order chi connectivity index (χ1) is 11.5. The maximum Gasteiger partial charge on any atom is 0.335 e. The molecule has 1 aliphatic heterocycles. The lowest BCUT2D eigenvalue weighted by atomic mass is 9.97. The van der Waals surface area contributed by atoms with Crippen molar-refractivity contribution in [1.29, 1.82) is 0 Å².